The van der Waals surface area contributed by atoms with Crippen molar-refractivity contribution >= 4 is 23.6 Å². The maximum absolute atomic E-state index is 10.8. The highest BCUT2D eigenvalue weighted by Gasteiger charge is 2.22. The second-order valence-corrected chi connectivity index (χ2v) is 6.06. The average molecular weight is 304 g/mol. The molecule has 0 radical (unpaired) electrons. The third-order valence-electron chi connectivity index (χ3n) is 3.97. The summed E-state index contributed by atoms with van der Waals surface area (Å²) in [6, 6.07) is 9.33. The van der Waals surface area contributed by atoms with Crippen LogP contribution in [0.4, 0.5) is 5.69 Å². The molecular weight excluding hydrogens is 286 g/mol. The Kier molecular flexibility index (Phi) is 4.02. The first kappa shape index (κ1) is 14.2. The Morgan fingerprint density at radius 3 is 2.90 bits per heavy atom. The fourth-order valence-electron chi connectivity index (χ4n) is 2.99. The highest BCUT2D eigenvalue weighted by molar-refractivity contribution is 6.34. The lowest BCUT2D eigenvalue weighted by atomic mass is 9.98. The van der Waals surface area contributed by atoms with Crippen molar-refractivity contribution in [3.8, 4) is 11.3 Å². The summed E-state index contributed by atoms with van der Waals surface area (Å²) in [7, 11) is 0. The molecule has 0 N–H and O–H groups in total. The van der Waals surface area contributed by atoms with E-state index in [2.05, 4.69) is 11.8 Å². The Labute approximate surface area is 129 Å². The van der Waals surface area contributed by atoms with Crippen LogP contribution >= 0.6 is 11.6 Å². The summed E-state index contributed by atoms with van der Waals surface area (Å²) < 4.78 is 5.58. The number of rotatable bonds is 3. The van der Waals surface area contributed by atoms with E-state index >= 15 is 0 Å². The maximum atomic E-state index is 10.8. The number of carbonyl (C=O) groups is 1. The van der Waals surface area contributed by atoms with E-state index in [1.807, 2.05) is 24.3 Å². The molecule has 1 aromatic carbocycles. The molecule has 1 aliphatic heterocycles. The minimum Gasteiger partial charge on any atom is -0.453 e. The lowest BCUT2D eigenvalue weighted by Crippen LogP contribution is -2.34. The largest absolute Gasteiger partial charge is 0.453 e. The summed E-state index contributed by atoms with van der Waals surface area (Å²) in [6.45, 7) is 4.26. The fraction of sp³-hybridized carbons (Fsp3) is 0.353. The molecule has 1 atom stereocenters. The zero-order chi connectivity index (χ0) is 14.8. The van der Waals surface area contributed by atoms with E-state index in [-0.39, 0.29) is 0 Å². The number of anilines is 1. The number of para-hydroxylation sites is 1. The van der Waals surface area contributed by atoms with E-state index < -0.39 is 0 Å². The first-order chi connectivity index (χ1) is 10.2. The first-order valence-corrected chi connectivity index (χ1v) is 7.65. The molecule has 0 spiro atoms. The molecule has 2 aromatic rings. The van der Waals surface area contributed by atoms with Gasteiger partial charge in [-0.3, -0.25) is 4.79 Å². The van der Waals surface area contributed by atoms with Crippen LogP contribution in [0.25, 0.3) is 11.3 Å². The minimum absolute atomic E-state index is 0.336. The Balaban J connectivity index is 2.04. The smallest absolute Gasteiger partial charge is 0.185 e. The summed E-state index contributed by atoms with van der Waals surface area (Å²) in [5, 5.41) is 0.727. The van der Waals surface area contributed by atoms with E-state index in [0.717, 1.165) is 35.6 Å². The van der Waals surface area contributed by atoms with E-state index in [4.69, 9.17) is 16.0 Å². The highest BCUT2D eigenvalue weighted by atomic mass is 35.5. The quantitative estimate of drug-likeness (QED) is 0.774. The maximum Gasteiger partial charge on any atom is 0.185 e. The van der Waals surface area contributed by atoms with E-state index in [1.54, 1.807) is 6.07 Å². The van der Waals surface area contributed by atoms with Crippen molar-refractivity contribution in [2.24, 2.45) is 5.92 Å². The van der Waals surface area contributed by atoms with Gasteiger partial charge in [0, 0.05) is 18.7 Å². The number of hydrogen-bond acceptors (Lipinski definition) is 3. The third kappa shape index (κ3) is 2.84. The Hall–Kier alpha value is -1.74. The number of nitrogens with zero attached hydrogens (tertiary/aromatic N) is 1. The summed E-state index contributed by atoms with van der Waals surface area (Å²) in [5.74, 6) is 1.68. The molecule has 2 heterocycles. The molecule has 4 heteroatoms. The topological polar surface area (TPSA) is 33.5 Å². The summed E-state index contributed by atoms with van der Waals surface area (Å²) in [6.07, 6.45) is 3.15. The van der Waals surface area contributed by atoms with E-state index in [9.17, 15) is 4.79 Å². The predicted octanol–water partition coefficient (Wildman–Crippen LogP) is 4.65. The second-order valence-electron chi connectivity index (χ2n) is 5.65. The van der Waals surface area contributed by atoms with Gasteiger partial charge in [-0.1, -0.05) is 24.6 Å². The van der Waals surface area contributed by atoms with Crippen LogP contribution in [0.1, 0.15) is 30.3 Å². The zero-order valence-electron chi connectivity index (χ0n) is 12.0. The van der Waals surface area contributed by atoms with Crippen LogP contribution in [0, 0.1) is 5.92 Å². The van der Waals surface area contributed by atoms with Crippen LogP contribution in [-0.4, -0.2) is 19.4 Å². The van der Waals surface area contributed by atoms with Crippen molar-refractivity contribution in [3.05, 3.63) is 41.1 Å². The minimum atomic E-state index is 0.336. The van der Waals surface area contributed by atoms with Crippen LogP contribution in [0.3, 0.4) is 0 Å². The second kappa shape index (κ2) is 5.94. The zero-order valence-corrected chi connectivity index (χ0v) is 12.8. The number of carbonyl (C=O) groups excluding carboxylic acids is 1. The molecule has 1 fully saturated rings. The fourth-order valence-corrected chi connectivity index (χ4v) is 3.28. The van der Waals surface area contributed by atoms with E-state index in [0.29, 0.717) is 17.4 Å². The van der Waals surface area contributed by atoms with Crippen LogP contribution < -0.4 is 4.90 Å². The molecule has 0 saturated carbocycles. The lowest BCUT2D eigenvalue weighted by Gasteiger charge is -2.34. The first-order valence-electron chi connectivity index (χ1n) is 7.28. The van der Waals surface area contributed by atoms with Gasteiger partial charge in [0.05, 0.1) is 10.7 Å². The van der Waals surface area contributed by atoms with Crippen molar-refractivity contribution in [1.29, 1.82) is 0 Å². The van der Waals surface area contributed by atoms with Gasteiger partial charge in [0.25, 0.3) is 0 Å². The van der Waals surface area contributed by atoms with Crippen molar-refractivity contribution in [2.45, 2.75) is 19.8 Å². The number of aldehydes is 1. The van der Waals surface area contributed by atoms with E-state index in [1.165, 1.54) is 12.8 Å². The molecule has 1 aromatic heterocycles. The molecular formula is C17H18ClNO2. The van der Waals surface area contributed by atoms with Gasteiger partial charge >= 0.3 is 0 Å². The molecule has 0 aliphatic carbocycles. The van der Waals surface area contributed by atoms with Gasteiger partial charge in [0.15, 0.2) is 12.0 Å². The lowest BCUT2D eigenvalue weighted by molar-refractivity contribution is 0.110. The van der Waals surface area contributed by atoms with Crippen molar-refractivity contribution < 1.29 is 9.21 Å². The Morgan fingerprint density at radius 2 is 2.19 bits per heavy atom. The molecule has 1 unspecified atom stereocenters. The van der Waals surface area contributed by atoms with Gasteiger partial charge < -0.3 is 9.32 Å². The normalized spacial score (nSPS) is 18.8. The number of hydrogen-bond donors (Lipinski definition) is 0. The van der Waals surface area contributed by atoms with Gasteiger partial charge in [-0.15, -0.1) is 0 Å². The summed E-state index contributed by atoms with van der Waals surface area (Å²) in [4.78, 5) is 13.1. The molecule has 21 heavy (non-hydrogen) atoms. The van der Waals surface area contributed by atoms with Gasteiger partial charge in [0.1, 0.15) is 5.76 Å². The molecule has 3 nitrogen and oxygen atoms in total. The number of piperidine rings is 1. The summed E-state index contributed by atoms with van der Waals surface area (Å²) >= 11 is 6.45. The molecule has 3 rings (SSSR count). The van der Waals surface area contributed by atoms with Crippen LogP contribution in [0.15, 0.2) is 34.7 Å². The highest BCUT2D eigenvalue weighted by Crippen LogP contribution is 2.39. The van der Waals surface area contributed by atoms with Crippen molar-refractivity contribution in [2.75, 3.05) is 18.0 Å². The van der Waals surface area contributed by atoms with Gasteiger partial charge in [-0.25, -0.2) is 0 Å². The Morgan fingerprint density at radius 1 is 1.33 bits per heavy atom. The van der Waals surface area contributed by atoms with Gasteiger partial charge in [-0.2, -0.15) is 0 Å². The SMILES string of the molecule is CC1CCCN(c2c(Cl)cccc2-c2ccc(C=O)o2)C1. The number of benzene rings is 1. The van der Waals surface area contributed by atoms with Crippen LogP contribution in [0.2, 0.25) is 5.02 Å². The average Bonchev–Trinajstić information content (AvgIpc) is 2.95. The van der Waals surface area contributed by atoms with Crippen LogP contribution in [-0.2, 0) is 0 Å². The number of halogens is 1. The molecule has 0 bridgehead atoms. The van der Waals surface area contributed by atoms with Gasteiger partial charge in [0.2, 0.25) is 0 Å². The molecule has 1 saturated heterocycles. The number of furan rings is 1. The standard InChI is InChI=1S/C17H18ClNO2/c1-12-4-3-9-19(10-12)17-14(5-2-6-15(17)18)16-8-7-13(11-20)21-16/h2,5-8,11-12H,3-4,9-10H2,1H3. The predicted molar refractivity (Wildman–Crippen MR) is 85.2 cm³/mol. The Bertz CT molecular complexity index is 650. The van der Waals surface area contributed by atoms with Crippen molar-refractivity contribution in [3.63, 3.8) is 0 Å². The summed E-state index contributed by atoms with van der Waals surface area (Å²) in [5.41, 5.74) is 1.96. The third-order valence-corrected chi connectivity index (χ3v) is 4.27. The van der Waals surface area contributed by atoms with Crippen molar-refractivity contribution in [1.82, 2.24) is 0 Å². The molecule has 1 aliphatic rings. The van der Waals surface area contributed by atoms with Gasteiger partial charge in [-0.05, 0) is 43.0 Å². The molecule has 110 valence electrons. The van der Waals surface area contributed by atoms with Crippen LogP contribution in [0.5, 0.6) is 0 Å². The monoisotopic (exact) mass is 303 g/mol. The molecule has 0 amide bonds.